The lowest BCUT2D eigenvalue weighted by Crippen LogP contribution is -2.18. The van der Waals surface area contributed by atoms with Crippen LogP contribution in [0.15, 0.2) is 12.1 Å². The van der Waals surface area contributed by atoms with Crippen LogP contribution in [0, 0.1) is 5.41 Å². The normalized spacial score (nSPS) is 17.2. The summed E-state index contributed by atoms with van der Waals surface area (Å²) in [6.07, 6.45) is 3.28. The van der Waals surface area contributed by atoms with E-state index in [9.17, 15) is 0 Å². The van der Waals surface area contributed by atoms with E-state index in [2.05, 4.69) is 0 Å². The van der Waals surface area contributed by atoms with Crippen molar-refractivity contribution in [2.45, 2.75) is 19.3 Å². The maximum atomic E-state index is 6.22. The summed E-state index contributed by atoms with van der Waals surface area (Å²) in [6, 6.07) is 3.83. The van der Waals surface area contributed by atoms with Gasteiger partial charge in [-0.2, -0.15) is 0 Å². The van der Waals surface area contributed by atoms with Gasteiger partial charge in [0.05, 0.1) is 12.1 Å². The molecule has 2 rings (SSSR count). The van der Waals surface area contributed by atoms with Gasteiger partial charge in [-0.3, -0.25) is 0 Å². The number of nitrogens with two attached hydrogens (primary N) is 1. The lowest BCUT2D eigenvalue weighted by Gasteiger charge is -2.15. The van der Waals surface area contributed by atoms with Gasteiger partial charge in [0.15, 0.2) is 0 Å². The molecule has 2 N–H and O–H groups in total. The Morgan fingerprint density at radius 1 is 1.31 bits per heavy atom. The summed E-state index contributed by atoms with van der Waals surface area (Å²) in [6.45, 7) is 0.715. The lowest BCUT2D eigenvalue weighted by molar-refractivity contribution is 0.414. The number of benzene rings is 1. The van der Waals surface area contributed by atoms with Crippen molar-refractivity contribution in [2.24, 2.45) is 11.1 Å². The highest BCUT2D eigenvalue weighted by Crippen LogP contribution is 2.49. The standard InChI is InChI=1S/C12H15Cl2NO/c1-16-9-3-2-8(10(13)11(9)14)6-12(7-15)4-5-12/h2-3H,4-7,15H2,1H3. The van der Waals surface area contributed by atoms with Gasteiger partial charge in [-0.05, 0) is 42.9 Å². The highest BCUT2D eigenvalue weighted by Gasteiger charge is 2.41. The molecule has 88 valence electrons. The first-order chi connectivity index (χ1) is 7.62. The molecule has 4 heteroatoms. The third-order valence-corrected chi connectivity index (χ3v) is 4.21. The molecule has 0 spiro atoms. The average molecular weight is 260 g/mol. The molecule has 1 aliphatic rings. The average Bonchev–Trinajstić information content (AvgIpc) is 3.06. The molecule has 1 aromatic carbocycles. The third kappa shape index (κ3) is 2.15. The van der Waals surface area contributed by atoms with Gasteiger partial charge in [0.1, 0.15) is 10.8 Å². The fourth-order valence-corrected chi connectivity index (χ4v) is 2.38. The first-order valence-electron chi connectivity index (χ1n) is 5.33. The van der Waals surface area contributed by atoms with Crippen molar-refractivity contribution >= 4 is 23.2 Å². The molecule has 0 saturated heterocycles. The predicted molar refractivity (Wildman–Crippen MR) is 67.4 cm³/mol. The Balaban J connectivity index is 2.25. The molecule has 1 saturated carbocycles. The Morgan fingerprint density at radius 3 is 2.50 bits per heavy atom. The molecule has 0 radical (unpaired) electrons. The van der Waals surface area contributed by atoms with E-state index in [0.29, 0.717) is 22.3 Å². The number of hydrogen-bond acceptors (Lipinski definition) is 2. The molecule has 0 aliphatic heterocycles. The minimum atomic E-state index is 0.265. The largest absolute Gasteiger partial charge is 0.495 e. The second-order valence-corrected chi connectivity index (χ2v) is 5.19. The molecule has 2 nitrogen and oxygen atoms in total. The number of halogens is 2. The van der Waals surface area contributed by atoms with Gasteiger partial charge in [-0.1, -0.05) is 29.3 Å². The van der Waals surface area contributed by atoms with Crippen LogP contribution in [-0.2, 0) is 6.42 Å². The van der Waals surface area contributed by atoms with Crippen LogP contribution < -0.4 is 10.5 Å². The summed E-state index contributed by atoms with van der Waals surface area (Å²) in [7, 11) is 1.58. The molecule has 16 heavy (non-hydrogen) atoms. The quantitative estimate of drug-likeness (QED) is 0.901. The van der Waals surface area contributed by atoms with E-state index in [4.69, 9.17) is 33.7 Å². The zero-order valence-corrected chi connectivity index (χ0v) is 10.7. The smallest absolute Gasteiger partial charge is 0.138 e. The first-order valence-corrected chi connectivity index (χ1v) is 6.08. The van der Waals surface area contributed by atoms with E-state index in [1.807, 2.05) is 12.1 Å². The SMILES string of the molecule is COc1ccc(CC2(CN)CC2)c(Cl)c1Cl. The molecule has 0 heterocycles. The summed E-state index contributed by atoms with van der Waals surface area (Å²) in [5, 5.41) is 1.09. The van der Waals surface area contributed by atoms with Gasteiger partial charge in [0, 0.05) is 0 Å². The van der Waals surface area contributed by atoms with Gasteiger partial charge >= 0.3 is 0 Å². The van der Waals surface area contributed by atoms with E-state index in [1.54, 1.807) is 7.11 Å². The van der Waals surface area contributed by atoms with Crippen molar-refractivity contribution in [3.8, 4) is 5.75 Å². The predicted octanol–water partition coefficient (Wildman–Crippen LogP) is 3.28. The van der Waals surface area contributed by atoms with Crippen LogP contribution >= 0.6 is 23.2 Å². The van der Waals surface area contributed by atoms with Crippen molar-refractivity contribution in [2.75, 3.05) is 13.7 Å². The molecular formula is C12H15Cl2NO. The Hall–Kier alpha value is -0.440. The van der Waals surface area contributed by atoms with Crippen molar-refractivity contribution in [3.05, 3.63) is 27.7 Å². The maximum Gasteiger partial charge on any atom is 0.138 e. The molecule has 0 unspecified atom stereocenters. The summed E-state index contributed by atoms with van der Waals surface area (Å²) in [4.78, 5) is 0. The number of methoxy groups -OCH3 is 1. The highest BCUT2D eigenvalue weighted by atomic mass is 35.5. The van der Waals surface area contributed by atoms with Crippen molar-refractivity contribution < 1.29 is 4.74 Å². The van der Waals surface area contributed by atoms with E-state index in [0.717, 1.165) is 12.0 Å². The van der Waals surface area contributed by atoms with Crippen molar-refractivity contribution in [1.29, 1.82) is 0 Å². The number of hydrogen-bond donors (Lipinski definition) is 1. The number of rotatable bonds is 4. The maximum absolute atomic E-state index is 6.22. The van der Waals surface area contributed by atoms with Gasteiger partial charge in [0.2, 0.25) is 0 Å². The minimum Gasteiger partial charge on any atom is -0.495 e. The fraction of sp³-hybridized carbons (Fsp3) is 0.500. The van der Waals surface area contributed by atoms with Crippen LogP contribution in [0.3, 0.4) is 0 Å². The third-order valence-electron chi connectivity index (χ3n) is 3.30. The molecule has 0 amide bonds. The molecule has 0 atom stereocenters. The van der Waals surface area contributed by atoms with Crippen LogP contribution in [0.1, 0.15) is 18.4 Å². The Labute approximate surface area is 106 Å². The molecule has 0 aromatic heterocycles. The Morgan fingerprint density at radius 2 is 2.00 bits per heavy atom. The molecule has 0 bridgehead atoms. The van der Waals surface area contributed by atoms with E-state index in [1.165, 1.54) is 12.8 Å². The van der Waals surface area contributed by atoms with Crippen LogP contribution in [0.5, 0.6) is 5.75 Å². The second-order valence-electron chi connectivity index (χ2n) is 4.44. The summed E-state index contributed by atoms with van der Waals surface area (Å²) in [5.41, 5.74) is 7.09. The zero-order chi connectivity index (χ0) is 11.8. The summed E-state index contributed by atoms with van der Waals surface area (Å²) >= 11 is 12.3. The van der Waals surface area contributed by atoms with Crippen molar-refractivity contribution in [1.82, 2.24) is 0 Å². The molecular weight excluding hydrogens is 245 g/mol. The van der Waals surface area contributed by atoms with E-state index < -0.39 is 0 Å². The number of ether oxygens (including phenoxy) is 1. The molecule has 1 aromatic rings. The van der Waals surface area contributed by atoms with Crippen LogP contribution in [-0.4, -0.2) is 13.7 Å². The van der Waals surface area contributed by atoms with Crippen LogP contribution in [0.25, 0.3) is 0 Å². The van der Waals surface area contributed by atoms with E-state index in [-0.39, 0.29) is 5.41 Å². The zero-order valence-electron chi connectivity index (χ0n) is 9.22. The van der Waals surface area contributed by atoms with Crippen LogP contribution in [0.4, 0.5) is 0 Å². The molecule has 1 fully saturated rings. The van der Waals surface area contributed by atoms with Gasteiger partial charge in [0.25, 0.3) is 0 Å². The first kappa shape index (κ1) is 12.0. The fourth-order valence-electron chi connectivity index (χ4n) is 1.90. The highest BCUT2D eigenvalue weighted by molar-refractivity contribution is 6.43. The van der Waals surface area contributed by atoms with Gasteiger partial charge < -0.3 is 10.5 Å². The summed E-state index contributed by atoms with van der Waals surface area (Å²) in [5.74, 6) is 0.619. The molecule has 1 aliphatic carbocycles. The summed E-state index contributed by atoms with van der Waals surface area (Å²) < 4.78 is 5.11. The monoisotopic (exact) mass is 259 g/mol. The van der Waals surface area contributed by atoms with Crippen LogP contribution in [0.2, 0.25) is 10.0 Å². The van der Waals surface area contributed by atoms with Crippen molar-refractivity contribution in [3.63, 3.8) is 0 Å². The lowest BCUT2D eigenvalue weighted by atomic mass is 9.96. The van der Waals surface area contributed by atoms with Gasteiger partial charge in [-0.15, -0.1) is 0 Å². The minimum absolute atomic E-state index is 0.265. The van der Waals surface area contributed by atoms with E-state index >= 15 is 0 Å². The Bertz CT molecular complexity index is 402. The Kier molecular flexibility index (Phi) is 3.34. The second kappa shape index (κ2) is 4.44. The van der Waals surface area contributed by atoms with Gasteiger partial charge in [-0.25, -0.2) is 0 Å². The topological polar surface area (TPSA) is 35.2 Å².